The molecular weight excluding hydrogens is 283 g/mol. The van der Waals surface area contributed by atoms with E-state index in [1.54, 1.807) is 6.07 Å². The van der Waals surface area contributed by atoms with Crippen molar-refractivity contribution in [3.05, 3.63) is 35.5 Å². The number of ketones is 1. The van der Waals surface area contributed by atoms with Crippen LogP contribution >= 0.6 is 0 Å². The fraction of sp³-hybridized carbons (Fsp3) is 0.167. The molecule has 0 spiro atoms. The minimum Gasteiger partial charge on any atom is -0.360 e. The van der Waals surface area contributed by atoms with E-state index >= 15 is 0 Å². The predicted molar refractivity (Wildman–Crippen MR) is 58.3 cm³/mol. The largest absolute Gasteiger partial charge is 0.461 e. The molecule has 0 atom stereocenters. The van der Waals surface area contributed by atoms with Crippen molar-refractivity contribution in [2.75, 3.05) is 0 Å². The molecule has 0 aliphatic rings. The molecule has 0 bridgehead atoms. The number of halogens is 5. The third-order valence-electron chi connectivity index (χ3n) is 2.71. The highest BCUT2D eigenvalue weighted by atomic mass is 19.4. The van der Waals surface area contributed by atoms with E-state index in [1.165, 1.54) is 18.2 Å². The summed E-state index contributed by atoms with van der Waals surface area (Å²) in [5.74, 6) is -7.90. The number of alkyl halides is 5. The van der Waals surface area contributed by atoms with Crippen LogP contribution in [0.1, 0.15) is 15.9 Å². The fourth-order valence-electron chi connectivity index (χ4n) is 1.75. The minimum absolute atomic E-state index is 0.130. The van der Waals surface area contributed by atoms with E-state index in [9.17, 15) is 26.7 Å². The summed E-state index contributed by atoms with van der Waals surface area (Å²) in [6.45, 7) is 0. The molecule has 8 heteroatoms. The number of nitrogens with one attached hydrogen (secondary N) is 1. The first-order valence-corrected chi connectivity index (χ1v) is 5.19. The minimum atomic E-state index is -5.99. The molecule has 0 radical (unpaired) electrons. The summed E-state index contributed by atoms with van der Waals surface area (Å²) in [6, 6.07) is 5.63. The highest BCUT2D eigenvalue weighted by molar-refractivity contribution is 6.12. The van der Waals surface area contributed by atoms with Gasteiger partial charge in [0.1, 0.15) is 0 Å². The van der Waals surface area contributed by atoms with E-state index in [0.717, 1.165) is 6.20 Å². The van der Waals surface area contributed by atoms with Gasteiger partial charge < -0.3 is 4.98 Å². The Bertz CT molecular complexity index is 724. The van der Waals surface area contributed by atoms with Crippen LogP contribution in [0.5, 0.6) is 0 Å². The Balaban J connectivity index is 2.66. The Kier molecular flexibility index (Phi) is 3.01. The van der Waals surface area contributed by atoms with Crippen LogP contribution in [0.15, 0.2) is 24.4 Å². The molecule has 2 aromatic rings. The highest BCUT2D eigenvalue weighted by Crippen LogP contribution is 2.39. The van der Waals surface area contributed by atoms with Gasteiger partial charge in [0.25, 0.3) is 0 Å². The lowest BCUT2D eigenvalue weighted by Crippen LogP contribution is -2.44. The van der Waals surface area contributed by atoms with Gasteiger partial charge in [0, 0.05) is 17.1 Å². The van der Waals surface area contributed by atoms with Gasteiger partial charge in [-0.25, -0.2) is 0 Å². The average molecular weight is 288 g/mol. The van der Waals surface area contributed by atoms with Gasteiger partial charge in [-0.1, -0.05) is 6.07 Å². The summed E-state index contributed by atoms with van der Waals surface area (Å²) in [5, 5.41) is 8.59. The third kappa shape index (κ3) is 1.91. The zero-order chi connectivity index (χ0) is 15.1. The number of carbonyl (C=O) groups is 1. The molecule has 0 saturated heterocycles. The van der Waals surface area contributed by atoms with Crippen LogP contribution < -0.4 is 0 Å². The second kappa shape index (κ2) is 4.30. The number of H-pyrrole nitrogens is 1. The van der Waals surface area contributed by atoms with Gasteiger partial charge in [0.15, 0.2) is 0 Å². The summed E-state index contributed by atoms with van der Waals surface area (Å²) in [4.78, 5) is 13.9. The first kappa shape index (κ1) is 14.0. The lowest BCUT2D eigenvalue weighted by atomic mass is 10.0. The maximum atomic E-state index is 13.1. The zero-order valence-electron chi connectivity index (χ0n) is 9.55. The van der Waals surface area contributed by atoms with Crippen LogP contribution in [0.3, 0.4) is 0 Å². The summed E-state index contributed by atoms with van der Waals surface area (Å²) in [6.07, 6.45) is -5.25. The Morgan fingerprint density at radius 1 is 1.20 bits per heavy atom. The quantitative estimate of drug-likeness (QED) is 0.680. The molecule has 1 N–H and O–H groups in total. The lowest BCUT2D eigenvalue weighted by Gasteiger charge is -2.17. The van der Waals surface area contributed by atoms with Gasteiger partial charge in [0.05, 0.1) is 17.2 Å². The van der Waals surface area contributed by atoms with Gasteiger partial charge in [-0.05, 0) is 12.1 Å². The highest BCUT2D eigenvalue weighted by Gasteiger charge is 2.63. The Morgan fingerprint density at radius 3 is 2.40 bits per heavy atom. The molecule has 0 saturated carbocycles. The van der Waals surface area contributed by atoms with Crippen molar-refractivity contribution in [1.29, 1.82) is 5.26 Å². The summed E-state index contributed by atoms with van der Waals surface area (Å²) >= 11 is 0. The van der Waals surface area contributed by atoms with Crippen LogP contribution in [-0.2, 0) is 0 Å². The number of benzene rings is 1. The molecule has 0 amide bonds. The summed E-state index contributed by atoms with van der Waals surface area (Å²) in [7, 11) is 0. The van der Waals surface area contributed by atoms with Crippen LogP contribution in [-0.4, -0.2) is 22.9 Å². The Hall–Kier alpha value is -2.43. The summed E-state index contributed by atoms with van der Waals surface area (Å²) in [5.41, 5.74) is -0.894. The van der Waals surface area contributed by atoms with Crippen LogP contribution in [0.4, 0.5) is 22.0 Å². The van der Waals surface area contributed by atoms with Gasteiger partial charge in [-0.15, -0.1) is 0 Å². The molecule has 1 heterocycles. The molecule has 0 aliphatic heterocycles. The van der Waals surface area contributed by atoms with E-state index in [0.29, 0.717) is 0 Å². The molecule has 104 valence electrons. The Labute approximate surface area is 108 Å². The molecule has 2 rings (SSSR count). The number of Topliss-reactive ketones (excluding diaryl/α,β-unsaturated/α-hetero) is 1. The number of fused-ring (bicyclic) bond motifs is 1. The molecular formula is C12H5F5N2O. The van der Waals surface area contributed by atoms with Gasteiger partial charge in [-0.3, -0.25) is 4.79 Å². The van der Waals surface area contributed by atoms with Crippen molar-refractivity contribution >= 4 is 16.7 Å². The zero-order valence-corrected chi connectivity index (χ0v) is 9.55. The van der Waals surface area contributed by atoms with Gasteiger partial charge in [0.2, 0.25) is 5.78 Å². The van der Waals surface area contributed by atoms with E-state index in [2.05, 4.69) is 4.98 Å². The predicted octanol–water partition coefficient (Wildman–Crippen LogP) is 3.42. The first-order chi connectivity index (χ1) is 9.20. The number of carbonyl (C=O) groups excluding carboxylic acids is 1. The van der Waals surface area contributed by atoms with Crippen molar-refractivity contribution in [2.24, 2.45) is 0 Å². The number of hydrogen-bond donors (Lipinski definition) is 1. The van der Waals surface area contributed by atoms with Crippen molar-refractivity contribution in [2.45, 2.75) is 12.1 Å². The van der Waals surface area contributed by atoms with Gasteiger partial charge >= 0.3 is 12.1 Å². The molecule has 0 aliphatic carbocycles. The molecule has 0 unspecified atom stereocenters. The van der Waals surface area contributed by atoms with Crippen molar-refractivity contribution in [1.82, 2.24) is 4.98 Å². The fourth-order valence-corrected chi connectivity index (χ4v) is 1.75. The second-order valence-electron chi connectivity index (χ2n) is 3.94. The smallest absolute Gasteiger partial charge is 0.360 e. The maximum absolute atomic E-state index is 13.1. The average Bonchev–Trinajstić information content (AvgIpc) is 2.79. The third-order valence-corrected chi connectivity index (χ3v) is 2.71. The number of nitriles is 1. The number of aromatic nitrogens is 1. The molecule has 0 fully saturated rings. The van der Waals surface area contributed by atoms with Crippen molar-refractivity contribution in [3.8, 4) is 6.07 Å². The van der Waals surface area contributed by atoms with Crippen molar-refractivity contribution < 1.29 is 26.7 Å². The first-order valence-electron chi connectivity index (χ1n) is 5.19. The molecule has 1 aromatic carbocycles. The maximum Gasteiger partial charge on any atom is 0.461 e. The monoisotopic (exact) mass is 288 g/mol. The summed E-state index contributed by atoms with van der Waals surface area (Å²) < 4.78 is 62.8. The second-order valence-corrected chi connectivity index (χ2v) is 3.94. The topological polar surface area (TPSA) is 56.6 Å². The standard InChI is InChI=1S/C12H5F5N2O/c13-11(14,12(15,16)17)10(20)7-5-19-8-3-1-2-6(4-18)9(7)8/h1-3,5,19H. The van der Waals surface area contributed by atoms with Crippen molar-refractivity contribution in [3.63, 3.8) is 0 Å². The van der Waals surface area contributed by atoms with E-state index in [-0.39, 0.29) is 16.5 Å². The number of rotatable bonds is 2. The van der Waals surface area contributed by atoms with E-state index in [4.69, 9.17) is 5.26 Å². The van der Waals surface area contributed by atoms with Crippen LogP contribution in [0.2, 0.25) is 0 Å². The molecule has 1 aromatic heterocycles. The van der Waals surface area contributed by atoms with Crippen LogP contribution in [0.25, 0.3) is 10.9 Å². The van der Waals surface area contributed by atoms with E-state index in [1.807, 2.05) is 0 Å². The lowest BCUT2D eigenvalue weighted by molar-refractivity contribution is -0.255. The SMILES string of the molecule is N#Cc1cccc2[nH]cc(C(=O)C(F)(F)C(F)(F)F)c12. The van der Waals surface area contributed by atoms with Gasteiger partial charge in [-0.2, -0.15) is 27.2 Å². The molecule has 3 nitrogen and oxygen atoms in total. The van der Waals surface area contributed by atoms with Crippen LogP contribution in [0, 0.1) is 11.3 Å². The molecule has 20 heavy (non-hydrogen) atoms. The number of hydrogen-bond acceptors (Lipinski definition) is 2. The number of aromatic amines is 1. The number of nitrogens with zero attached hydrogens (tertiary/aromatic N) is 1. The normalized spacial score (nSPS) is 12.4. The van der Waals surface area contributed by atoms with E-state index < -0.39 is 23.4 Å². The Morgan fingerprint density at radius 2 is 1.85 bits per heavy atom.